The Morgan fingerprint density at radius 1 is 1.50 bits per heavy atom. The minimum atomic E-state index is 0. The van der Waals surface area contributed by atoms with Crippen LogP contribution in [-0.2, 0) is 0 Å². The first-order valence-electron chi connectivity index (χ1n) is 4.14. The molecule has 1 saturated heterocycles. The molecular weight excluding hydrogens is 237 g/mol. The van der Waals surface area contributed by atoms with E-state index in [1.807, 2.05) is 0 Å². The minimum absolute atomic E-state index is 0. The molecular formula is C8H18IN. The van der Waals surface area contributed by atoms with Crippen molar-refractivity contribution in [3.8, 4) is 0 Å². The lowest BCUT2D eigenvalue weighted by Gasteiger charge is -2.04. The molecule has 0 aromatic rings. The van der Waals surface area contributed by atoms with Gasteiger partial charge in [0.25, 0.3) is 0 Å². The Labute approximate surface area is 81.2 Å². The summed E-state index contributed by atoms with van der Waals surface area (Å²) in [6.45, 7) is 5.12. The van der Waals surface area contributed by atoms with E-state index in [-0.39, 0.29) is 24.0 Å². The van der Waals surface area contributed by atoms with Crippen molar-refractivity contribution in [2.45, 2.75) is 26.2 Å². The Kier molecular flexibility index (Phi) is 5.72. The third kappa shape index (κ3) is 3.19. The molecule has 1 aliphatic rings. The Balaban J connectivity index is 0.000000810. The molecule has 0 aliphatic carbocycles. The van der Waals surface area contributed by atoms with Crippen molar-refractivity contribution in [1.82, 2.24) is 0 Å². The normalized spacial score (nSPS) is 31.8. The molecule has 0 spiro atoms. The molecule has 2 heteroatoms. The Bertz CT molecular complexity index is 83.3. The highest BCUT2D eigenvalue weighted by atomic mass is 127. The molecule has 0 radical (unpaired) electrons. The van der Waals surface area contributed by atoms with Gasteiger partial charge in [-0.15, -0.1) is 0 Å². The van der Waals surface area contributed by atoms with Crippen LogP contribution in [0.25, 0.3) is 0 Å². The summed E-state index contributed by atoms with van der Waals surface area (Å²) in [5, 5.41) is 0. The fraction of sp³-hybridized carbons (Fsp3) is 1.00. The monoisotopic (exact) mass is 255 g/mol. The van der Waals surface area contributed by atoms with Gasteiger partial charge in [0.2, 0.25) is 0 Å². The van der Waals surface area contributed by atoms with Gasteiger partial charge in [0.1, 0.15) is 0 Å². The van der Waals surface area contributed by atoms with E-state index in [1.165, 1.54) is 32.4 Å². The highest BCUT2D eigenvalue weighted by molar-refractivity contribution is 4.60. The predicted molar refractivity (Wildman–Crippen MR) is 39.6 cm³/mol. The van der Waals surface area contributed by atoms with Crippen LogP contribution in [-0.4, -0.2) is 20.1 Å². The van der Waals surface area contributed by atoms with Crippen LogP contribution in [0.2, 0.25) is 0 Å². The Morgan fingerprint density at radius 3 is 2.60 bits per heavy atom. The summed E-state index contributed by atoms with van der Waals surface area (Å²) in [5.41, 5.74) is 0. The topological polar surface area (TPSA) is 4.44 Å². The van der Waals surface area contributed by atoms with E-state index in [4.69, 9.17) is 0 Å². The maximum Gasteiger partial charge on any atom is 0.0799 e. The molecule has 2 unspecified atom stereocenters. The second kappa shape index (κ2) is 5.35. The second-order valence-electron chi connectivity index (χ2n) is 3.35. The van der Waals surface area contributed by atoms with Gasteiger partial charge in [-0.2, -0.15) is 0 Å². The zero-order valence-electron chi connectivity index (χ0n) is 6.99. The first-order chi connectivity index (χ1) is 4.33. The molecule has 10 heavy (non-hydrogen) atoms. The molecule has 1 heterocycles. The summed E-state index contributed by atoms with van der Waals surface area (Å²) in [6.07, 6.45) is 4.30. The van der Waals surface area contributed by atoms with Crippen molar-refractivity contribution in [2.75, 3.05) is 20.1 Å². The summed E-state index contributed by atoms with van der Waals surface area (Å²) in [7, 11) is 2.30. The third-order valence-corrected chi connectivity index (χ3v) is 2.31. The van der Waals surface area contributed by atoms with Gasteiger partial charge in [-0.1, -0.05) is 13.3 Å². The van der Waals surface area contributed by atoms with Crippen molar-refractivity contribution >= 4 is 0 Å². The van der Waals surface area contributed by atoms with Gasteiger partial charge in [-0.3, -0.25) is 0 Å². The molecule has 0 saturated carbocycles. The average molecular weight is 255 g/mol. The van der Waals surface area contributed by atoms with Crippen LogP contribution in [0.4, 0.5) is 0 Å². The Morgan fingerprint density at radius 2 is 2.20 bits per heavy atom. The Hall–Kier alpha value is 0.690. The zero-order valence-corrected chi connectivity index (χ0v) is 9.15. The van der Waals surface area contributed by atoms with Crippen molar-refractivity contribution in [3.63, 3.8) is 0 Å². The summed E-state index contributed by atoms with van der Waals surface area (Å²) >= 11 is 0. The third-order valence-electron chi connectivity index (χ3n) is 2.31. The van der Waals surface area contributed by atoms with Crippen molar-refractivity contribution in [3.05, 3.63) is 0 Å². The average Bonchev–Trinajstić information content (AvgIpc) is 2.17. The van der Waals surface area contributed by atoms with Crippen LogP contribution in [0.1, 0.15) is 26.2 Å². The highest BCUT2D eigenvalue weighted by Crippen LogP contribution is 2.10. The smallest absolute Gasteiger partial charge is 0.0799 e. The van der Waals surface area contributed by atoms with Crippen molar-refractivity contribution < 1.29 is 28.9 Å². The van der Waals surface area contributed by atoms with Gasteiger partial charge < -0.3 is 28.9 Å². The lowest BCUT2D eigenvalue weighted by Crippen LogP contribution is -3.07. The van der Waals surface area contributed by atoms with Gasteiger partial charge in [-0.05, 0) is 6.42 Å². The van der Waals surface area contributed by atoms with E-state index in [2.05, 4.69) is 14.0 Å². The maximum atomic E-state index is 2.30. The molecule has 1 fully saturated rings. The van der Waals surface area contributed by atoms with E-state index in [0.717, 1.165) is 5.92 Å². The van der Waals surface area contributed by atoms with E-state index < -0.39 is 0 Å². The van der Waals surface area contributed by atoms with Crippen molar-refractivity contribution in [2.24, 2.45) is 5.92 Å². The summed E-state index contributed by atoms with van der Waals surface area (Å²) in [4.78, 5) is 1.73. The molecule has 1 rings (SSSR count). The van der Waals surface area contributed by atoms with Crippen LogP contribution in [0.15, 0.2) is 0 Å². The largest absolute Gasteiger partial charge is 1.00 e. The van der Waals surface area contributed by atoms with Gasteiger partial charge in [0, 0.05) is 12.3 Å². The predicted octanol–water partition coefficient (Wildman–Crippen LogP) is -2.67. The SMILES string of the molecule is CCCC1CC[NH+](C)C1.[I-]. The molecule has 62 valence electrons. The van der Waals surface area contributed by atoms with Crippen LogP contribution >= 0.6 is 0 Å². The number of rotatable bonds is 2. The van der Waals surface area contributed by atoms with E-state index in [0.29, 0.717) is 0 Å². The second-order valence-corrected chi connectivity index (χ2v) is 3.35. The molecule has 0 bridgehead atoms. The van der Waals surface area contributed by atoms with E-state index in [9.17, 15) is 0 Å². The van der Waals surface area contributed by atoms with Crippen LogP contribution in [0.5, 0.6) is 0 Å². The molecule has 1 N–H and O–H groups in total. The molecule has 2 atom stereocenters. The highest BCUT2D eigenvalue weighted by Gasteiger charge is 2.21. The maximum absolute atomic E-state index is 2.30. The first-order valence-corrected chi connectivity index (χ1v) is 4.14. The lowest BCUT2D eigenvalue weighted by molar-refractivity contribution is -0.867. The molecule has 0 amide bonds. The summed E-state index contributed by atoms with van der Waals surface area (Å²) < 4.78 is 0. The number of nitrogens with one attached hydrogen (secondary N) is 1. The van der Waals surface area contributed by atoms with Gasteiger partial charge in [0.15, 0.2) is 0 Å². The molecule has 1 nitrogen and oxygen atoms in total. The summed E-state index contributed by atoms with van der Waals surface area (Å²) in [5.74, 6) is 1.05. The van der Waals surface area contributed by atoms with E-state index >= 15 is 0 Å². The number of hydrogen-bond acceptors (Lipinski definition) is 0. The zero-order chi connectivity index (χ0) is 6.69. The fourth-order valence-corrected chi connectivity index (χ4v) is 1.80. The van der Waals surface area contributed by atoms with Crippen LogP contribution in [0.3, 0.4) is 0 Å². The minimum Gasteiger partial charge on any atom is -1.00 e. The molecule has 1 aliphatic heterocycles. The van der Waals surface area contributed by atoms with Gasteiger partial charge >= 0.3 is 0 Å². The van der Waals surface area contributed by atoms with Crippen molar-refractivity contribution in [1.29, 1.82) is 0 Å². The molecule has 0 aromatic heterocycles. The summed E-state index contributed by atoms with van der Waals surface area (Å²) in [6, 6.07) is 0. The standard InChI is InChI=1S/C8H17N.HI/c1-3-4-8-5-6-9(2)7-8;/h8H,3-7H2,1-2H3;1H. The molecule has 0 aromatic carbocycles. The van der Waals surface area contributed by atoms with Gasteiger partial charge in [0.05, 0.1) is 20.1 Å². The van der Waals surface area contributed by atoms with Gasteiger partial charge in [-0.25, -0.2) is 0 Å². The number of halogens is 1. The first kappa shape index (κ1) is 10.7. The number of likely N-dealkylation sites (tertiary alicyclic amines) is 1. The number of quaternary nitrogens is 1. The quantitative estimate of drug-likeness (QED) is 0.513. The van der Waals surface area contributed by atoms with Crippen LogP contribution in [0, 0.1) is 5.92 Å². The van der Waals surface area contributed by atoms with E-state index in [1.54, 1.807) is 4.90 Å². The van der Waals surface area contributed by atoms with Crippen LogP contribution < -0.4 is 28.9 Å². The number of hydrogen-bond donors (Lipinski definition) is 1. The lowest BCUT2D eigenvalue weighted by atomic mass is 10.0. The fourth-order valence-electron chi connectivity index (χ4n) is 1.80.